The predicted octanol–water partition coefficient (Wildman–Crippen LogP) is 4.86. The van der Waals surface area contributed by atoms with Crippen LogP contribution >= 0.6 is 0 Å². The average Bonchev–Trinajstić information content (AvgIpc) is 2.64. The number of carbonyl (C=O) groups is 1. The van der Waals surface area contributed by atoms with E-state index in [-0.39, 0.29) is 24.1 Å². The Bertz CT molecular complexity index is 583. The predicted molar refractivity (Wildman–Crippen MR) is 102 cm³/mol. The number of unbranched alkanes of at least 4 members (excludes halogenated alkanes) is 8. The van der Waals surface area contributed by atoms with Gasteiger partial charge in [-0.25, -0.2) is 0 Å². The summed E-state index contributed by atoms with van der Waals surface area (Å²) >= 11 is 0. The standard InChI is InChI=1S/C20H32O5S/c1-2-3-4-5-6-7-8-9-13-16-20(21)24-17-18-25-26(22,23)19-14-11-10-12-15-19/h10-12,14-15H,2-9,13,16-18H2,1H3. The Morgan fingerprint density at radius 1 is 0.846 bits per heavy atom. The summed E-state index contributed by atoms with van der Waals surface area (Å²) < 4.78 is 33.6. The fourth-order valence-electron chi connectivity index (χ4n) is 2.61. The number of rotatable bonds is 15. The molecule has 0 N–H and O–H groups in total. The number of carbonyl (C=O) groups excluding carboxylic acids is 1. The van der Waals surface area contributed by atoms with Crippen molar-refractivity contribution in [2.75, 3.05) is 13.2 Å². The Kier molecular flexibility index (Phi) is 12.0. The normalized spacial score (nSPS) is 11.4. The molecule has 148 valence electrons. The van der Waals surface area contributed by atoms with Gasteiger partial charge in [0.05, 0.1) is 4.90 Å². The number of hydrogen-bond donors (Lipinski definition) is 0. The molecule has 0 fully saturated rings. The monoisotopic (exact) mass is 384 g/mol. The number of benzene rings is 1. The molecule has 0 bridgehead atoms. The van der Waals surface area contributed by atoms with Crippen LogP contribution in [-0.2, 0) is 23.8 Å². The molecule has 0 aromatic heterocycles. The molecule has 26 heavy (non-hydrogen) atoms. The smallest absolute Gasteiger partial charge is 0.305 e. The summed E-state index contributed by atoms with van der Waals surface area (Å²) in [6, 6.07) is 7.91. The fourth-order valence-corrected chi connectivity index (χ4v) is 3.52. The van der Waals surface area contributed by atoms with Gasteiger partial charge in [-0.2, -0.15) is 8.42 Å². The summed E-state index contributed by atoms with van der Waals surface area (Å²) in [5, 5.41) is 0. The van der Waals surface area contributed by atoms with Crippen LogP contribution in [0.1, 0.15) is 71.1 Å². The number of hydrogen-bond acceptors (Lipinski definition) is 5. The molecular weight excluding hydrogens is 352 g/mol. The molecule has 0 saturated heterocycles. The van der Waals surface area contributed by atoms with Gasteiger partial charge < -0.3 is 4.74 Å². The van der Waals surface area contributed by atoms with Gasteiger partial charge in [-0.1, -0.05) is 76.5 Å². The van der Waals surface area contributed by atoms with E-state index in [2.05, 4.69) is 6.92 Å². The van der Waals surface area contributed by atoms with Crippen LogP contribution in [0.2, 0.25) is 0 Å². The summed E-state index contributed by atoms with van der Waals surface area (Å²) in [4.78, 5) is 11.7. The topological polar surface area (TPSA) is 69.7 Å². The van der Waals surface area contributed by atoms with Crippen LogP contribution in [0.3, 0.4) is 0 Å². The minimum Gasteiger partial charge on any atom is -0.463 e. The molecule has 0 radical (unpaired) electrons. The quantitative estimate of drug-likeness (QED) is 0.245. The first-order valence-corrected chi connectivity index (χ1v) is 11.1. The largest absolute Gasteiger partial charge is 0.463 e. The highest BCUT2D eigenvalue weighted by molar-refractivity contribution is 7.86. The lowest BCUT2D eigenvalue weighted by Gasteiger charge is -2.07. The van der Waals surface area contributed by atoms with Crippen LogP contribution in [0.25, 0.3) is 0 Å². The minimum absolute atomic E-state index is 0.0532. The van der Waals surface area contributed by atoms with Gasteiger partial charge in [-0.3, -0.25) is 8.98 Å². The third kappa shape index (κ3) is 10.6. The van der Waals surface area contributed by atoms with Gasteiger partial charge in [0.15, 0.2) is 0 Å². The fraction of sp³-hybridized carbons (Fsp3) is 0.650. The summed E-state index contributed by atoms with van der Waals surface area (Å²) in [5.74, 6) is -0.298. The molecular formula is C20H32O5S. The van der Waals surface area contributed by atoms with Crippen molar-refractivity contribution in [1.29, 1.82) is 0 Å². The summed E-state index contributed by atoms with van der Waals surface area (Å²) in [6.07, 6.45) is 11.1. The Morgan fingerprint density at radius 2 is 1.42 bits per heavy atom. The van der Waals surface area contributed by atoms with Gasteiger partial charge in [0, 0.05) is 6.42 Å². The third-order valence-corrected chi connectivity index (χ3v) is 5.43. The van der Waals surface area contributed by atoms with E-state index < -0.39 is 10.1 Å². The highest BCUT2D eigenvalue weighted by Gasteiger charge is 2.14. The first kappa shape index (κ1) is 22.6. The molecule has 0 aliphatic rings. The van der Waals surface area contributed by atoms with Crippen molar-refractivity contribution in [3.05, 3.63) is 30.3 Å². The molecule has 1 aromatic carbocycles. The van der Waals surface area contributed by atoms with E-state index in [0.29, 0.717) is 6.42 Å². The lowest BCUT2D eigenvalue weighted by molar-refractivity contribution is -0.144. The van der Waals surface area contributed by atoms with Gasteiger partial charge in [0.1, 0.15) is 13.2 Å². The maximum absolute atomic E-state index is 11.9. The maximum Gasteiger partial charge on any atom is 0.305 e. The van der Waals surface area contributed by atoms with Gasteiger partial charge in [-0.05, 0) is 18.6 Å². The molecule has 0 aliphatic heterocycles. The Morgan fingerprint density at radius 3 is 2.04 bits per heavy atom. The molecule has 0 saturated carbocycles. The highest BCUT2D eigenvalue weighted by atomic mass is 32.2. The van der Waals surface area contributed by atoms with E-state index in [1.165, 1.54) is 50.7 Å². The molecule has 0 unspecified atom stereocenters. The van der Waals surface area contributed by atoms with E-state index in [0.717, 1.165) is 19.3 Å². The lowest BCUT2D eigenvalue weighted by atomic mass is 10.1. The number of ether oxygens (including phenoxy) is 1. The zero-order valence-corrected chi connectivity index (χ0v) is 16.6. The van der Waals surface area contributed by atoms with Crippen molar-refractivity contribution in [3.8, 4) is 0 Å². The molecule has 1 rings (SSSR count). The van der Waals surface area contributed by atoms with Crippen LogP contribution < -0.4 is 0 Å². The van der Waals surface area contributed by atoms with E-state index in [4.69, 9.17) is 8.92 Å². The Balaban J connectivity index is 2.00. The number of esters is 1. The first-order valence-electron chi connectivity index (χ1n) is 9.66. The van der Waals surface area contributed by atoms with Gasteiger partial charge >= 0.3 is 5.97 Å². The van der Waals surface area contributed by atoms with Crippen LogP contribution in [0, 0.1) is 0 Å². The molecule has 5 nitrogen and oxygen atoms in total. The third-order valence-electron chi connectivity index (χ3n) is 4.10. The van der Waals surface area contributed by atoms with Crippen molar-refractivity contribution < 1.29 is 22.1 Å². The van der Waals surface area contributed by atoms with Crippen LogP contribution in [0.4, 0.5) is 0 Å². The van der Waals surface area contributed by atoms with Gasteiger partial charge in [-0.15, -0.1) is 0 Å². The van der Waals surface area contributed by atoms with E-state index >= 15 is 0 Å². The van der Waals surface area contributed by atoms with Crippen molar-refractivity contribution in [2.45, 2.75) is 76.0 Å². The van der Waals surface area contributed by atoms with Crippen molar-refractivity contribution in [3.63, 3.8) is 0 Å². The summed E-state index contributed by atoms with van der Waals surface area (Å²) in [5.41, 5.74) is 0. The lowest BCUT2D eigenvalue weighted by Crippen LogP contribution is -2.14. The average molecular weight is 385 g/mol. The first-order chi connectivity index (χ1) is 12.6. The summed E-state index contributed by atoms with van der Waals surface area (Å²) in [7, 11) is -3.79. The summed E-state index contributed by atoms with van der Waals surface area (Å²) in [6.45, 7) is 2.00. The molecule has 0 spiro atoms. The highest BCUT2D eigenvalue weighted by Crippen LogP contribution is 2.12. The SMILES string of the molecule is CCCCCCCCCCCC(=O)OCCOS(=O)(=O)c1ccccc1. The molecule has 0 amide bonds. The maximum atomic E-state index is 11.9. The Labute approximate surface area is 158 Å². The van der Waals surface area contributed by atoms with Gasteiger partial charge in [0.25, 0.3) is 10.1 Å². The van der Waals surface area contributed by atoms with Crippen molar-refractivity contribution in [2.24, 2.45) is 0 Å². The van der Waals surface area contributed by atoms with Crippen LogP contribution in [0.5, 0.6) is 0 Å². The van der Waals surface area contributed by atoms with Gasteiger partial charge in [0.2, 0.25) is 0 Å². The molecule has 0 heterocycles. The molecule has 0 atom stereocenters. The van der Waals surface area contributed by atoms with Crippen molar-refractivity contribution >= 4 is 16.1 Å². The zero-order chi connectivity index (χ0) is 19.1. The van der Waals surface area contributed by atoms with E-state index in [1.54, 1.807) is 18.2 Å². The van der Waals surface area contributed by atoms with E-state index in [9.17, 15) is 13.2 Å². The second-order valence-corrected chi connectivity index (χ2v) is 8.00. The zero-order valence-electron chi connectivity index (χ0n) is 15.8. The van der Waals surface area contributed by atoms with Crippen molar-refractivity contribution in [1.82, 2.24) is 0 Å². The second kappa shape index (κ2) is 13.8. The minimum atomic E-state index is -3.79. The van der Waals surface area contributed by atoms with Crippen LogP contribution in [0.15, 0.2) is 35.2 Å². The van der Waals surface area contributed by atoms with Crippen LogP contribution in [-0.4, -0.2) is 27.6 Å². The Hall–Kier alpha value is -1.40. The van der Waals surface area contributed by atoms with E-state index in [1.807, 2.05) is 0 Å². The molecule has 1 aromatic rings. The second-order valence-electron chi connectivity index (χ2n) is 6.39. The molecule has 0 aliphatic carbocycles. The molecule has 6 heteroatoms.